The van der Waals surface area contributed by atoms with Crippen molar-refractivity contribution < 1.29 is 14.3 Å². The number of fused-ring (bicyclic) bond motifs is 1. The van der Waals surface area contributed by atoms with Gasteiger partial charge in [-0.3, -0.25) is 14.5 Å². The summed E-state index contributed by atoms with van der Waals surface area (Å²) in [7, 11) is 3.83. The van der Waals surface area contributed by atoms with E-state index in [1.54, 1.807) is 23.9 Å². The Hall–Kier alpha value is -3.70. The quantitative estimate of drug-likeness (QED) is 0.0658. The Balaban J connectivity index is 1.29. The second-order valence-corrected chi connectivity index (χ2v) is 15.0. The van der Waals surface area contributed by atoms with Crippen molar-refractivity contribution in [2.75, 3.05) is 58.0 Å². The summed E-state index contributed by atoms with van der Waals surface area (Å²) in [5, 5.41) is 3.74. The Bertz CT molecular complexity index is 1590. The highest BCUT2D eigenvalue weighted by Gasteiger charge is 2.19. The van der Waals surface area contributed by atoms with Gasteiger partial charge in [0.25, 0.3) is 5.56 Å². The third-order valence-electron chi connectivity index (χ3n) is 10.4. The van der Waals surface area contributed by atoms with E-state index in [2.05, 4.69) is 58.1 Å². The van der Waals surface area contributed by atoms with Crippen LogP contribution in [0, 0.1) is 0 Å². The van der Waals surface area contributed by atoms with Crippen LogP contribution in [0.15, 0.2) is 35.3 Å². The predicted molar refractivity (Wildman–Crippen MR) is 217 cm³/mol. The van der Waals surface area contributed by atoms with Crippen LogP contribution in [0.3, 0.4) is 0 Å². The number of ether oxygens (including phenoxy) is 2. The van der Waals surface area contributed by atoms with Crippen molar-refractivity contribution in [3.8, 4) is 5.75 Å². The standard InChI is InChI=1S/C42H67N7O4/c1-5-7-8-9-10-11-12-13-14-15-16-17-18-20-38(50)53-32-35(19-6-2)44-40-39-36(45-42(43)46-40)23-24-49(41(39)51)31-34-22-21-33(29-37(34)52-4)30-48-27-25-47(3)26-28-48/h21-24,29,35H,5-20,25-28,30-32H2,1-4H3,(H3,43,44,45,46). The SMILES string of the molecule is CCCCCCCCCCCCCCCC(=O)OCC(CCC)Nc1nc(N)nc2ccn(Cc3ccc(CN4CCN(C)CC4)cc3OC)c(=O)c12. The lowest BCUT2D eigenvalue weighted by atomic mass is 10.0. The molecule has 0 bridgehead atoms. The number of likely N-dealkylation sites (N-methyl/N-ethyl adjacent to an activating group) is 1. The summed E-state index contributed by atoms with van der Waals surface area (Å²) in [6, 6.07) is 7.80. The summed E-state index contributed by atoms with van der Waals surface area (Å²) >= 11 is 0. The van der Waals surface area contributed by atoms with Crippen LogP contribution >= 0.6 is 0 Å². The average molecular weight is 734 g/mol. The van der Waals surface area contributed by atoms with Gasteiger partial charge in [0.05, 0.1) is 25.2 Å². The minimum Gasteiger partial charge on any atom is -0.496 e. The Labute approximate surface area is 318 Å². The Morgan fingerprint density at radius 3 is 2.17 bits per heavy atom. The molecule has 4 rings (SSSR count). The molecule has 1 saturated heterocycles. The number of nitrogen functional groups attached to an aromatic ring is 1. The summed E-state index contributed by atoms with van der Waals surface area (Å²) in [5.74, 6) is 0.991. The van der Waals surface area contributed by atoms with Crippen LogP contribution in [0.25, 0.3) is 10.9 Å². The first-order valence-corrected chi connectivity index (χ1v) is 20.5. The van der Waals surface area contributed by atoms with E-state index in [-0.39, 0.29) is 30.1 Å². The first kappa shape index (κ1) is 42.0. The smallest absolute Gasteiger partial charge is 0.305 e. The lowest BCUT2D eigenvalue weighted by molar-refractivity contribution is -0.144. The number of methoxy groups -OCH3 is 1. The maximum absolute atomic E-state index is 14.0. The first-order chi connectivity index (χ1) is 25.8. The molecule has 11 heteroatoms. The highest BCUT2D eigenvalue weighted by atomic mass is 16.5. The number of unbranched alkanes of at least 4 members (excludes halogenated alkanes) is 12. The molecule has 3 N–H and O–H groups in total. The van der Waals surface area contributed by atoms with Crippen molar-refractivity contribution in [3.63, 3.8) is 0 Å². The molecule has 0 spiro atoms. The van der Waals surface area contributed by atoms with E-state index in [1.807, 2.05) is 6.07 Å². The number of piperazine rings is 1. The minimum absolute atomic E-state index is 0.0735. The van der Waals surface area contributed by atoms with Gasteiger partial charge in [0.1, 0.15) is 23.6 Å². The molecular formula is C42H67N7O4. The van der Waals surface area contributed by atoms with Crippen molar-refractivity contribution in [1.29, 1.82) is 0 Å². The van der Waals surface area contributed by atoms with E-state index in [9.17, 15) is 9.59 Å². The normalized spacial score (nSPS) is 14.4. The van der Waals surface area contributed by atoms with Gasteiger partial charge < -0.3 is 30.0 Å². The third-order valence-corrected chi connectivity index (χ3v) is 10.4. The topological polar surface area (TPSA) is 128 Å². The molecule has 1 aromatic carbocycles. The van der Waals surface area contributed by atoms with Crippen molar-refractivity contribution >= 4 is 28.6 Å². The fraction of sp³-hybridized carbons (Fsp3) is 0.667. The Morgan fingerprint density at radius 1 is 0.868 bits per heavy atom. The lowest BCUT2D eigenvalue weighted by Crippen LogP contribution is -2.43. The van der Waals surface area contributed by atoms with E-state index >= 15 is 0 Å². The number of hydrogen-bond acceptors (Lipinski definition) is 10. The molecule has 0 radical (unpaired) electrons. The summed E-state index contributed by atoms with van der Waals surface area (Å²) < 4.78 is 13.2. The summed E-state index contributed by atoms with van der Waals surface area (Å²) in [5.41, 5.74) is 8.41. The van der Waals surface area contributed by atoms with E-state index < -0.39 is 0 Å². The second-order valence-electron chi connectivity index (χ2n) is 15.0. The number of benzene rings is 1. The number of anilines is 2. The van der Waals surface area contributed by atoms with Gasteiger partial charge in [0, 0.05) is 50.9 Å². The second kappa shape index (κ2) is 23.2. The minimum atomic E-state index is -0.233. The molecule has 2 aromatic heterocycles. The van der Waals surface area contributed by atoms with Gasteiger partial charge in [-0.1, -0.05) is 109 Å². The number of esters is 1. The van der Waals surface area contributed by atoms with Crippen molar-refractivity contribution in [3.05, 3.63) is 51.9 Å². The number of hydrogen-bond donors (Lipinski definition) is 2. The molecule has 0 amide bonds. The fourth-order valence-corrected chi connectivity index (χ4v) is 7.19. The van der Waals surface area contributed by atoms with Gasteiger partial charge >= 0.3 is 5.97 Å². The Kier molecular flexibility index (Phi) is 18.4. The molecule has 1 aliphatic rings. The number of carbonyl (C=O) groups is 1. The highest BCUT2D eigenvalue weighted by molar-refractivity contribution is 5.89. The zero-order valence-electron chi connectivity index (χ0n) is 33.2. The summed E-state index contributed by atoms with van der Waals surface area (Å²) in [6.45, 7) is 9.93. The third kappa shape index (κ3) is 14.2. The highest BCUT2D eigenvalue weighted by Crippen LogP contribution is 2.24. The zero-order valence-corrected chi connectivity index (χ0v) is 33.2. The molecule has 53 heavy (non-hydrogen) atoms. The predicted octanol–water partition coefficient (Wildman–Crippen LogP) is 7.78. The van der Waals surface area contributed by atoms with Crippen LogP contribution in [0.2, 0.25) is 0 Å². The van der Waals surface area contributed by atoms with E-state index in [4.69, 9.17) is 15.2 Å². The Morgan fingerprint density at radius 2 is 1.53 bits per heavy atom. The average Bonchev–Trinajstić information content (AvgIpc) is 3.15. The number of rotatable bonds is 25. The van der Waals surface area contributed by atoms with Gasteiger partial charge in [-0.25, -0.2) is 4.98 Å². The maximum Gasteiger partial charge on any atom is 0.305 e. The van der Waals surface area contributed by atoms with Crippen LogP contribution in [0.4, 0.5) is 11.8 Å². The van der Waals surface area contributed by atoms with E-state index in [0.717, 1.165) is 69.7 Å². The van der Waals surface area contributed by atoms with Gasteiger partial charge in [0.2, 0.25) is 5.95 Å². The van der Waals surface area contributed by atoms with Crippen molar-refractivity contribution in [2.45, 2.75) is 136 Å². The first-order valence-electron chi connectivity index (χ1n) is 20.5. The van der Waals surface area contributed by atoms with Crippen molar-refractivity contribution in [2.24, 2.45) is 0 Å². The molecule has 1 fully saturated rings. The number of nitrogens with one attached hydrogen (secondary N) is 1. The number of aromatic nitrogens is 3. The monoisotopic (exact) mass is 734 g/mol. The lowest BCUT2D eigenvalue weighted by Gasteiger charge is -2.32. The molecule has 1 atom stereocenters. The summed E-state index contributed by atoms with van der Waals surface area (Å²) in [4.78, 5) is 40.3. The van der Waals surface area contributed by atoms with Gasteiger partial charge in [-0.15, -0.1) is 0 Å². The number of nitrogens with zero attached hydrogens (tertiary/aromatic N) is 5. The molecule has 1 aliphatic heterocycles. The van der Waals surface area contributed by atoms with Crippen molar-refractivity contribution in [1.82, 2.24) is 24.3 Å². The molecular weight excluding hydrogens is 667 g/mol. The van der Waals surface area contributed by atoms with Crippen LogP contribution in [0.5, 0.6) is 5.75 Å². The number of nitrogens with two attached hydrogens (primary N) is 1. The van der Waals surface area contributed by atoms with Gasteiger partial charge in [-0.2, -0.15) is 4.98 Å². The molecule has 1 unspecified atom stereocenters. The van der Waals surface area contributed by atoms with Crippen LogP contribution < -0.4 is 21.3 Å². The molecule has 3 aromatic rings. The molecule has 11 nitrogen and oxygen atoms in total. The molecule has 0 aliphatic carbocycles. The van der Waals surface area contributed by atoms with E-state index in [0.29, 0.717) is 29.7 Å². The zero-order chi connectivity index (χ0) is 37.8. The molecule has 3 heterocycles. The number of carbonyl (C=O) groups excluding carboxylic acids is 1. The van der Waals surface area contributed by atoms with E-state index in [1.165, 1.54) is 76.2 Å². The van der Waals surface area contributed by atoms with Gasteiger partial charge in [-0.05, 0) is 37.6 Å². The summed E-state index contributed by atoms with van der Waals surface area (Å²) in [6.07, 6.45) is 20.2. The number of pyridine rings is 1. The van der Waals surface area contributed by atoms with Gasteiger partial charge in [0.15, 0.2) is 0 Å². The molecule has 294 valence electrons. The maximum atomic E-state index is 14.0. The van der Waals surface area contributed by atoms with Crippen LogP contribution in [-0.2, 0) is 22.6 Å². The molecule has 0 saturated carbocycles. The van der Waals surface area contributed by atoms with Crippen LogP contribution in [-0.4, -0.2) is 83.3 Å². The largest absolute Gasteiger partial charge is 0.496 e. The fourth-order valence-electron chi connectivity index (χ4n) is 7.19. The van der Waals surface area contributed by atoms with Crippen LogP contribution in [0.1, 0.15) is 128 Å².